The molecule has 0 bridgehead atoms. The number of piperidine rings is 1. The number of fused-ring (bicyclic) bond motifs is 2. The SMILES string of the molecule is N/N=C(\C=[NH+]CCOCCOCCOCCOCCC(=O)Oc1c(F)cc(F)cc1F)COCCOCCOCCOCCOc1ccc2nc(N3CCCC4(C3)CN(c3nc(Cl)nc5c3cnn5[C@@H]3O[C@H](COCP(=O)(O)O)[C@@H](O)[C@H]3O)C4)sc2c1. The Balaban J connectivity index is 0.601. The van der Waals surface area contributed by atoms with E-state index in [1.165, 1.54) is 4.68 Å². The summed E-state index contributed by atoms with van der Waals surface area (Å²) in [6.45, 7) is 8.59. The van der Waals surface area contributed by atoms with Gasteiger partial charge in [-0.2, -0.15) is 20.2 Å². The molecule has 5 aromatic rings. The van der Waals surface area contributed by atoms with E-state index in [0.29, 0.717) is 140 Å². The molecule has 87 heavy (non-hydrogen) atoms. The highest BCUT2D eigenvalue weighted by Gasteiger charge is 2.48. The first-order valence-electron chi connectivity index (χ1n) is 28.0. The average molecular weight is 1290 g/mol. The number of thiazole rings is 1. The molecule has 0 amide bonds. The van der Waals surface area contributed by atoms with Crippen LogP contribution >= 0.6 is 30.5 Å². The number of benzene rings is 2. The van der Waals surface area contributed by atoms with Gasteiger partial charge in [0.1, 0.15) is 61.0 Å². The number of aliphatic hydroxyl groups excluding tert-OH is 2. The Hall–Kier alpha value is -5.36. The van der Waals surface area contributed by atoms with Gasteiger partial charge >= 0.3 is 13.6 Å². The third-order valence-electron chi connectivity index (χ3n) is 13.6. The summed E-state index contributed by atoms with van der Waals surface area (Å²) in [5.41, 5.74) is 1.67. The molecule has 7 N–H and O–H groups in total. The molecule has 3 aliphatic rings. The highest BCUT2D eigenvalue weighted by Crippen LogP contribution is 2.45. The number of anilines is 2. The van der Waals surface area contributed by atoms with E-state index in [2.05, 4.69) is 39.7 Å². The summed E-state index contributed by atoms with van der Waals surface area (Å²) in [6.07, 6.45) is -1.02. The molecule has 6 heterocycles. The topological polar surface area (TPSA) is 341 Å². The van der Waals surface area contributed by atoms with Gasteiger partial charge in [-0.05, 0) is 42.6 Å². The van der Waals surface area contributed by atoms with Crippen LogP contribution in [0.25, 0.3) is 21.3 Å². The zero-order valence-electron chi connectivity index (χ0n) is 47.5. The molecule has 34 heteroatoms. The normalized spacial score (nSPS) is 18.9. The number of carbonyl (C=O) groups excluding carboxylic acids is 1. The quantitative estimate of drug-likeness (QED) is 0.00473. The van der Waals surface area contributed by atoms with E-state index in [9.17, 15) is 32.7 Å². The number of halogens is 4. The Morgan fingerprint density at radius 1 is 0.816 bits per heavy atom. The number of aromatic nitrogens is 5. The minimum absolute atomic E-state index is 0.0226. The smallest absolute Gasteiger partial charge is 0.350 e. The number of aliphatic hydroxyl groups is 2. The molecule has 4 atom stereocenters. The zero-order valence-corrected chi connectivity index (χ0v) is 49.9. The average Bonchev–Trinajstić information content (AvgIpc) is 1.78. The maximum atomic E-state index is 13.6. The van der Waals surface area contributed by atoms with Crippen LogP contribution in [-0.2, 0) is 56.7 Å². The van der Waals surface area contributed by atoms with Crippen molar-refractivity contribution in [2.24, 2.45) is 16.4 Å². The number of nitrogens with zero attached hydrogens (tertiary/aromatic N) is 8. The Labute approximate surface area is 506 Å². The number of hydrazone groups is 1. The minimum Gasteiger partial charge on any atom is -0.491 e. The molecular weight excluding hydrogens is 1220 g/mol. The van der Waals surface area contributed by atoms with Crippen molar-refractivity contribution >= 4 is 80.6 Å². The second kappa shape index (κ2) is 34.0. The predicted octanol–water partition coefficient (Wildman–Crippen LogP) is 1.36. The van der Waals surface area contributed by atoms with Crippen molar-refractivity contribution < 1.29 is 104 Å². The van der Waals surface area contributed by atoms with Crippen LogP contribution in [0.3, 0.4) is 0 Å². The van der Waals surface area contributed by atoms with E-state index in [-0.39, 0.29) is 50.2 Å². The maximum Gasteiger partial charge on any atom is 0.350 e. The van der Waals surface area contributed by atoms with Crippen molar-refractivity contribution in [1.82, 2.24) is 24.7 Å². The Morgan fingerprint density at radius 3 is 2.09 bits per heavy atom. The van der Waals surface area contributed by atoms with Crippen molar-refractivity contribution in [3.8, 4) is 11.5 Å². The van der Waals surface area contributed by atoms with E-state index in [0.717, 1.165) is 47.0 Å². The van der Waals surface area contributed by atoms with E-state index in [1.54, 1.807) is 23.7 Å². The van der Waals surface area contributed by atoms with Crippen LogP contribution in [0, 0.1) is 22.9 Å². The number of carbonyl (C=O) groups is 1. The summed E-state index contributed by atoms with van der Waals surface area (Å²) >= 11 is 8.07. The van der Waals surface area contributed by atoms with Crippen LogP contribution in [0.15, 0.2) is 41.6 Å². The monoisotopic (exact) mass is 1290 g/mol. The van der Waals surface area contributed by atoms with Gasteiger partial charge in [0.05, 0.1) is 134 Å². The lowest BCUT2D eigenvalue weighted by atomic mass is 9.73. The minimum atomic E-state index is -4.44. The lowest BCUT2D eigenvalue weighted by molar-refractivity contribution is -0.454. The van der Waals surface area contributed by atoms with Crippen LogP contribution in [-0.4, -0.2) is 239 Å². The lowest BCUT2D eigenvalue weighted by Crippen LogP contribution is -2.71. The van der Waals surface area contributed by atoms with Crippen LogP contribution < -0.4 is 30.1 Å². The van der Waals surface area contributed by atoms with Gasteiger partial charge in [-0.1, -0.05) is 11.3 Å². The van der Waals surface area contributed by atoms with Gasteiger partial charge in [-0.15, -0.1) is 0 Å². The Kier molecular flexibility index (Phi) is 26.4. The van der Waals surface area contributed by atoms with Gasteiger partial charge in [-0.25, -0.2) is 27.8 Å². The standard InChI is InChI=1S/C53H71ClF3N10O18PS/c54-51-62-48(38-28-60-67(49(38)63-51)50-46(70)45(69)42(84-50)30-82-34-86(71,72)73)66-32-53(33-66)5-1-7-65(31-53)52-61-41-3-2-37(26-43(41)87-52)83-23-22-80-19-18-78-16-17-79-20-21-81-29-36(64-58)27-59-6-9-75-11-13-77-15-14-76-12-10-74-8-4-44(68)85-47-39(56)24-35(55)25-40(47)57/h2-3,24-28,42,45-46,50,69-70H,1,4-23,29-34,58H2,(H2,71,72,73)/p+1/b59-27?,64-36+/t42-,45-,46-,50-/m1/s1. The third-order valence-corrected chi connectivity index (χ3v) is 15.4. The molecule has 0 unspecified atom stereocenters. The largest absolute Gasteiger partial charge is 0.491 e. The zero-order chi connectivity index (χ0) is 61.6. The fourth-order valence-electron chi connectivity index (χ4n) is 9.53. The fourth-order valence-corrected chi connectivity index (χ4v) is 11.1. The molecule has 0 radical (unpaired) electrons. The highest BCUT2D eigenvalue weighted by atomic mass is 35.5. The third kappa shape index (κ3) is 20.6. The number of ether oxygens (including phenoxy) is 12. The molecular formula is C53H72ClF3N10O18PS+. The maximum absolute atomic E-state index is 13.6. The van der Waals surface area contributed by atoms with Crippen molar-refractivity contribution in [3.63, 3.8) is 0 Å². The summed E-state index contributed by atoms with van der Waals surface area (Å²) in [5.74, 6) is 1.16. The first-order chi connectivity index (χ1) is 42.1. The van der Waals surface area contributed by atoms with E-state index in [4.69, 9.17) is 84.3 Å². The summed E-state index contributed by atoms with van der Waals surface area (Å²) < 4.78 is 119. The number of hydrogen-bond acceptors (Lipinski definition) is 25. The molecule has 3 aromatic heterocycles. The molecule has 8 rings (SSSR count). The molecule has 3 aliphatic heterocycles. The van der Waals surface area contributed by atoms with Gasteiger partial charge in [0, 0.05) is 43.7 Å². The molecule has 2 aromatic carbocycles. The van der Waals surface area contributed by atoms with E-state index >= 15 is 0 Å². The van der Waals surface area contributed by atoms with Crippen LogP contribution in [0.1, 0.15) is 25.5 Å². The van der Waals surface area contributed by atoms with Crippen molar-refractivity contribution in [1.29, 1.82) is 0 Å². The van der Waals surface area contributed by atoms with Crippen molar-refractivity contribution in [2.45, 2.75) is 43.8 Å². The van der Waals surface area contributed by atoms with Crippen LogP contribution in [0.2, 0.25) is 5.28 Å². The first kappa shape index (κ1) is 67.6. The molecule has 28 nitrogen and oxygen atoms in total. The molecule has 1 spiro atoms. The van der Waals surface area contributed by atoms with E-state index in [1.807, 2.05) is 18.2 Å². The molecule has 3 saturated heterocycles. The molecule has 0 aliphatic carbocycles. The van der Waals surface area contributed by atoms with E-state index < -0.39 is 67.7 Å². The van der Waals surface area contributed by atoms with Gasteiger partial charge < -0.3 is 92.5 Å². The molecule has 3 fully saturated rings. The molecule has 0 saturated carbocycles. The van der Waals surface area contributed by atoms with Gasteiger partial charge in [0.2, 0.25) is 11.0 Å². The van der Waals surface area contributed by atoms with Crippen LogP contribution in [0.4, 0.5) is 24.1 Å². The molecule has 480 valence electrons. The summed E-state index contributed by atoms with van der Waals surface area (Å²) in [6, 6.07) is 6.70. The van der Waals surface area contributed by atoms with Crippen molar-refractivity contribution in [2.75, 3.05) is 168 Å². The Morgan fingerprint density at radius 2 is 1.44 bits per heavy atom. The Bertz CT molecular complexity index is 3070. The number of rotatable bonds is 39. The van der Waals surface area contributed by atoms with Gasteiger partial charge in [0.25, 0.3) is 0 Å². The highest BCUT2D eigenvalue weighted by molar-refractivity contribution is 7.51. The number of nitrogens with one attached hydrogen (secondary N) is 1. The first-order valence-corrected chi connectivity index (χ1v) is 31.0. The number of nitrogens with two attached hydrogens (primary N) is 1. The summed E-state index contributed by atoms with van der Waals surface area (Å²) in [4.78, 5) is 51.5. The summed E-state index contributed by atoms with van der Waals surface area (Å²) in [7, 11) is -4.44. The lowest BCUT2D eigenvalue weighted by Gasteiger charge is -2.55. The predicted molar refractivity (Wildman–Crippen MR) is 307 cm³/mol. The summed E-state index contributed by atoms with van der Waals surface area (Å²) in [5, 5.41) is 31.1. The van der Waals surface area contributed by atoms with Gasteiger partial charge in [0.15, 0.2) is 41.4 Å². The fraction of sp³-hybridized carbons (Fsp3) is 0.604. The number of esters is 1. The number of hydrogen-bond donors (Lipinski definition) is 6. The van der Waals surface area contributed by atoms with Gasteiger partial charge in [-0.3, -0.25) is 9.36 Å². The van der Waals surface area contributed by atoms with Crippen molar-refractivity contribution in [3.05, 3.63) is 59.3 Å². The van der Waals surface area contributed by atoms with Crippen LogP contribution in [0.5, 0.6) is 11.5 Å². The second-order valence-corrected chi connectivity index (χ2v) is 23.1. The second-order valence-electron chi connectivity index (χ2n) is 20.2.